The lowest BCUT2D eigenvalue weighted by Crippen LogP contribution is -2.11. The number of fused-ring (bicyclic) bond motifs is 2. The van der Waals surface area contributed by atoms with Crippen LogP contribution in [-0.4, -0.2) is 44.6 Å². The second-order valence-electron chi connectivity index (χ2n) is 10.3. The molecule has 0 saturated carbocycles. The molecular formula is C38H30O11. The van der Waals surface area contributed by atoms with Gasteiger partial charge < -0.3 is 33.2 Å². The lowest BCUT2D eigenvalue weighted by atomic mass is 10.1. The summed E-state index contributed by atoms with van der Waals surface area (Å²) in [4.78, 5) is 48.6. The number of ether oxygens (including phenoxy) is 7. The third-order valence-electron chi connectivity index (χ3n) is 7.03. The molecule has 11 nitrogen and oxygen atoms in total. The van der Waals surface area contributed by atoms with Crippen molar-refractivity contribution >= 4 is 45.4 Å². The fourth-order valence-electron chi connectivity index (χ4n) is 4.62. The minimum absolute atomic E-state index is 0.0871. The van der Waals surface area contributed by atoms with Crippen molar-refractivity contribution in [2.75, 3.05) is 20.7 Å². The summed E-state index contributed by atoms with van der Waals surface area (Å²) in [6, 6.07) is 25.1. The first-order valence-electron chi connectivity index (χ1n) is 14.7. The third-order valence-corrected chi connectivity index (χ3v) is 7.03. The van der Waals surface area contributed by atoms with Gasteiger partial charge in [0.1, 0.15) is 23.0 Å². The van der Waals surface area contributed by atoms with E-state index in [2.05, 4.69) is 13.2 Å². The van der Waals surface area contributed by atoms with Gasteiger partial charge >= 0.3 is 23.9 Å². The number of hydrogen-bond donors (Lipinski definition) is 0. The maximum absolute atomic E-state index is 13.1. The molecular weight excluding hydrogens is 632 g/mol. The zero-order valence-corrected chi connectivity index (χ0v) is 26.3. The van der Waals surface area contributed by atoms with Gasteiger partial charge in [0.05, 0.1) is 17.7 Å². The Balaban J connectivity index is 1.23. The van der Waals surface area contributed by atoms with Gasteiger partial charge in [0.15, 0.2) is 0 Å². The van der Waals surface area contributed by atoms with E-state index in [0.717, 1.165) is 33.7 Å². The van der Waals surface area contributed by atoms with Gasteiger partial charge in [-0.15, -0.1) is 0 Å². The molecule has 0 aliphatic rings. The van der Waals surface area contributed by atoms with E-state index in [1.165, 1.54) is 19.2 Å². The van der Waals surface area contributed by atoms with Crippen molar-refractivity contribution in [1.82, 2.24) is 0 Å². The molecule has 49 heavy (non-hydrogen) atoms. The Hall–Kier alpha value is -6.46. The van der Waals surface area contributed by atoms with E-state index in [-0.39, 0.29) is 31.7 Å². The van der Waals surface area contributed by atoms with Crippen LogP contribution in [0.25, 0.3) is 21.5 Å². The SMILES string of the molecule is C=CC(=O)OCOc1ccc2cc(C(=O)Oc3ccc(OC(=O)c4ccc5cc(OCOC(=O)C=C)ccc5c4)c(COC)c3)ccc2c1. The lowest BCUT2D eigenvalue weighted by molar-refractivity contribution is -0.145. The summed E-state index contributed by atoms with van der Waals surface area (Å²) in [5.41, 5.74) is 1.12. The van der Waals surface area contributed by atoms with Crippen LogP contribution in [0, 0.1) is 0 Å². The highest BCUT2D eigenvalue weighted by atomic mass is 16.7. The molecule has 0 aliphatic heterocycles. The Bertz CT molecular complexity index is 2060. The number of carbonyl (C=O) groups is 4. The monoisotopic (exact) mass is 662 g/mol. The van der Waals surface area contributed by atoms with Crippen LogP contribution in [0.2, 0.25) is 0 Å². The smallest absolute Gasteiger partial charge is 0.343 e. The first-order valence-corrected chi connectivity index (χ1v) is 14.7. The molecule has 0 aliphatic carbocycles. The van der Waals surface area contributed by atoms with Gasteiger partial charge in [0, 0.05) is 24.8 Å². The number of carbonyl (C=O) groups excluding carboxylic acids is 4. The van der Waals surface area contributed by atoms with Crippen LogP contribution in [-0.2, 0) is 30.4 Å². The van der Waals surface area contributed by atoms with Gasteiger partial charge in [0.25, 0.3) is 0 Å². The quantitative estimate of drug-likeness (QED) is 0.0544. The number of methoxy groups -OCH3 is 1. The van der Waals surface area contributed by atoms with Gasteiger partial charge in [-0.2, -0.15) is 0 Å². The fraction of sp³-hybridized carbons (Fsp3) is 0.105. The van der Waals surface area contributed by atoms with Crippen molar-refractivity contribution in [1.29, 1.82) is 0 Å². The molecule has 0 N–H and O–H groups in total. The molecule has 0 atom stereocenters. The van der Waals surface area contributed by atoms with Crippen LogP contribution < -0.4 is 18.9 Å². The highest BCUT2D eigenvalue weighted by Gasteiger charge is 2.16. The predicted molar refractivity (Wildman–Crippen MR) is 179 cm³/mol. The summed E-state index contributed by atoms with van der Waals surface area (Å²) < 4.78 is 37.2. The van der Waals surface area contributed by atoms with Crippen LogP contribution in [0.5, 0.6) is 23.0 Å². The van der Waals surface area contributed by atoms with Gasteiger partial charge in [-0.25, -0.2) is 19.2 Å². The molecule has 0 unspecified atom stereocenters. The van der Waals surface area contributed by atoms with Gasteiger partial charge in [-0.05, 0) is 88.3 Å². The van der Waals surface area contributed by atoms with Gasteiger partial charge in [-0.3, -0.25) is 0 Å². The van der Waals surface area contributed by atoms with Crippen LogP contribution in [0.15, 0.2) is 116 Å². The van der Waals surface area contributed by atoms with E-state index in [0.29, 0.717) is 28.2 Å². The summed E-state index contributed by atoms with van der Waals surface area (Å²) in [5, 5.41) is 3.12. The fourth-order valence-corrected chi connectivity index (χ4v) is 4.62. The van der Waals surface area contributed by atoms with Crippen molar-refractivity contribution < 1.29 is 52.3 Å². The van der Waals surface area contributed by atoms with Crippen molar-refractivity contribution in [3.05, 3.63) is 133 Å². The molecule has 0 bridgehead atoms. The topological polar surface area (TPSA) is 133 Å². The van der Waals surface area contributed by atoms with E-state index in [9.17, 15) is 19.2 Å². The number of rotatable bonds is 14. The highest BCUT2D eigenvalue weighted by molar-refractivity contribution is 5.98. The second-order valence-corrected chi connectivity index (χ2v) is 10.3. The Kier molecular flexibility index (Phi) is 11.0. The number of esters is 4. The van der Waals surface area contributed by atoms with Gasteiger partial charge in [-0.1, -0.05) is 37.4 Å². The van der Waals surface area contributed by atoms with E-state index in [1.807, 2.05) is 0 Å². The van der Waals surface area contributed by atoms with Crippen molar-refractivity contribution in [3.63, 3.8) is 0 Å². The van der Waals surface area contributed by atoms with Crippen LogP contribution in [0.1, 0.15) is 26.3 Å². The first-order chi connectivity index (χ1) is 23.8. The van der Waals surface area contributed by atoms with Crippen LogP contribution in [0.3, 0.4) is 0 Å². The van der Waals surface area contributed by atoms with Crippen molar-refractivity contribution in [2.45, 2.75) is 6.61 Å². The molecule has 5 aromatic rings. The minimum Gasteiger partial charge on any atom is -0.457 e. The Morgan fingerprint density at radius 2 is 1.04 bits per heavy atom. The average molecular weight is 663 g/mol. The predicted octanol–water partition coefficient (Wildman–Crippen LogP) is 6.71. The van der Waals surface area contributed by atoms with E-state index in [4.69, 9.17) is 33.2 Å². The molecule has 5 aromatic carbocycles. The summed E-state index contributed by atoms with van der Waals surface area (Å²) in [7, 11) is 1.49. The molecule has 5 rings (SSSR count). The summed E-state index contributed by atoms with van der Waals surface area (Å²) in [5.74, 6) is -0.923. The average Bonchev–Trinajstić information content (AvgIpc) is 3.12. The molecule has 0 saturated heterocycles. The maximum atomic E-state index is 13.1. The molecule has 0 spiro atoms. The molecule has 0 radical (unpaired) electrons. The van der Waals surface area contributed by atoms with Crippen LogP contribution in [0.4, 0.5) is 0 Å². The van der Waals surface area contributed by atoms with Crippen molar-refractivity contribution in [2.24, 2.45) is 0 Å². The molecule has 248 valence electrons. The van der Waals surface area contributed by atoms with E-state index >= 15 is 0 Å². The molecule has 0 aromatic heterocycles. The molecule has 0 amide bonds. The second kappa shape index (κ2) is 15.9. The third kappa shape index (κ3) is 8.88. The summed E-state index contributed by atoms with van der Waals surface area (Å²) in [6.45, 7) is 6.23. The van der Waals surface area contributed by atoms with E-state index in [1.54, 1.807) is 78.9 Å². The number of hydrogen-bond acceptors (Lipinski definition) is 11. The van der Waals surface area contributed by atoms with E-state index < -0.39 is 23.9 Å². The Labute approximate surface area is 280 Å². The highest BCUT2D eigenvalue weighted by Crippen LogP contribution is 2.29. The Morgan fingerprint density at radius 1 is 0.571 bits per heavy atom. The standard InChI is InChI=1S/C38H30O11/c1-4-35(39)46-22-44-31-12-10-24-16-28(8-6-26(24)18-31)37(41)48-33-14-15-34(30(20-33)21-43-3)49-38(42)29-9-7-27-19-32(13-11-25(27)17-29)45-23-47-36(40)5-2/h4-20H,1-2,21-23H2,3H3. The zero-order valence-electron chi connectivity index (χ0n) is 26.3. The van der Waals surface area contributed by atoms with Crippen molar-refractivity contribution in [3.8, 4) is 23.0 Å². The minimum atomic E-state index is -0.594. The zero-order chi connectivity index (χ0) is 34.8. The summed E-state index contributed by atoms with van der Waals surface area (Å²) in [6.07, 6.45) is 2.09. The largest absolute Gasteiger partial charge is 0.457 e. The van der Waals surface area contributed by atoms with Crippen LogP contribution >= 0.6 is 0 Å². The Morgan fingerprint density at radius 3 is 1.55 bits per heavy atom. The normalized spacial score (nSPS) is 10.6. The molecule has 0 fully saturated rings. The molecule has 0 heterocycles. The van der Waals surface area contributed by atoms with Gasteiger partial charge in [0.2, 0.25) is 13.6 Å². The lowest BCUT2D eigenvalue weighted by Gasteiger charge is -2.13. The molecule has 11 heteroatoms. The first kappa shape index (κ1) is 33.9. The maximum Gasteiger partial charge on any atom is 0.343 e. The summed E-state index contributed by atoms with van der Waals surface area (Å²) >= 11 is 0. The number of benzene rings is 5.